The first-order valence-corrected chi connectivity index (χ1v) is 7.04. The van der Waals surface area contributed by atoms with Gasteiger partial charge in [-0.3, -0.25) is 0 Å². The first kappa shape index (κ1) is 16.6. The molecule has 0 radical (unpaired) electrons. The van der Waals surface area contributed by atoms with E-state index in [1.165, 1.54) is 0 Å². The van der Waals surface area contributed by atoms with Crippen molar-refractivity contribution in [2.24, 2.45) is 0 Å². The maximum atomic E-state index is 8.69. The van der Waals surface area contributed by atoms with Gasteiger partial charge in [0.05, 0.1) is 18.8 Å². The average molecular weight is 276 g/mol. The first-order valence-electron chi connectivity index (χ1n) is 7.04. The Bertz CT molecular complexity index is 455. The Labute approximate surface area is 121 Å². The number of ether oxygens (including phenoxy) is 2. The quantitative estimate of drug-likeness (QED) is 0.614. The van der Waals surface area contributed by atoms with E-state index in [1.807, 2.05) is 24.3 Å². The summed E-state index contributed by atoms with van der Waals surface area (Å²) in [6, 6.07) is 7.64. The molecule has 0 aromatic heterocycles. The van der Waals surface area contributed by atoms with Crippen LogP contribution in [0.1, 0.15) is 39.2 Å². The van der Waals surface area contributed by atoms with Crippen molar-refractivity contribution in [3.63, 3.8) is 0 Å². The summed E-state index contributed by atoms with van der Waals surface area (Å²) in [6.07, 6.45) is 1.47. The standard InChI is InChI=1S/C17H24O3/c1-4-17(2,3)20-13-12-19-16-10-7-9-15(14-16)8-5-6-11-18/h7,9-10,14,18H,4,6,11-13H2,1-3H3. The van der Waals surface area contributed by atoms with Crippen molar-refractivity contribution in [2.45, 2.75) is 39.2 Å². The minimum absolute atomic E-state index is 0.0910. The second kappa shape index (κ2) is 8.63. The predicted molar refractivity (Wildman–Crippen MR) is 80.8 cm³/mol. The van der Waals surface area contributed by atoms with Crippen molar-refractivity contribution in [3.8, 4) is 17.6 Å². The molecule has 0 unspecified atom stereocenters. The summed E-state index contributed by atoms with van der Waals surface area (Å²) in [5, 5.41) is 8.69. The third-order valence-corrected chi connectivity index (χ3v) is 3.00. The Hall–Kier alpha value is -1.50. The van der Waals surface area contributed by atoms with E-state index >= 15 is 0 Å². The van der Waals surface area contributed by atoms with Gasteiger partial charge in [0.25, 0.3) is 0 Å². The molecule has 20 heavy (non-hydrogen) atoms. The molecule has 0 amide bonds. The van der Waals surface area contributed by atoms with Gasteiger partial charge in [0.2, 0.25) is 0 Å². The zero-order valence-corrected chi connectivity index (χ0v) is 12.6. The summed E-state index contributed by atoms with van der Waals surface area (Å²) in [4.78, 5) is 0. The van der Waals surface area contributed by atoms with Crippen LogP contribution in [-0.4, -0.2) is 30.5 Å². The molecule has 0 atom stereocenters. The van der Waals surface area contributed by atoms with Gasteiger partial charge < -0.3 is 14.6 Å². The summed E-state index contributed by atoms with van der Waals surface area (Å²) in [6.45, 7) is 7.44. The van der Waals surface area contributed by atoms with Crippen LogP contribution in [0.5, 0.6) is 5.75 Å². The van der Waals surface area contributed by atoms with Gasteiger partial charge in [0.15, 0.2) is 0 Å². The Kier molecular flexibility index (Phi) is 7.14. The maximum absolute atomic E-state index is 8.69. The minimum Gasteiger partial charge on any atom is -0.491 e. The SMILES string of the molecule is CCC(C)(C)OCCOc1cccc(C#CCCO)c1. The van der Waals surface area contributed by atoms with Crippen LogP contribution in [-0.2, 0) is 4.74 Å². The Morgan fingerprint density at radius 1 is 1.25 bits per heavy atom. The maximum Gasteiger partial charge on any atom is 0.120 e. The number of aliphatic hydroxyl groups is 1. The highest BCUT2D eigenvalue weighted by atomic mass is 16.5. The molecule has 0 aliphatic rings. The third kappa shape index (κ3) is 6.60. The largest absolute Gasteiger partial charge is 0.491 e. The number of benzene rings is 1. The van der Waals surface area contributed by atoms with E-state index in [0.717, 1.165) is 17.7 Å². The highest BCUT2D eigenvalue weighted by molar-refractivity contribution is 5.39. The lowest BCUT2D eigenvalue weighted by Gasteiger charge is -2.23. The summed E-state index contributed by atoms with van der Waals surface area (Å²) in [7, 11) is 0. The fourth-order valence-corrected chi connectivity index (χ4v) is 1.46. The van der Waals surface area contributed by atoms with Crippen molar-refractivity contribution < 1.29 is 14.6 Å². The minimum atomic E-state index is -0.0963. The van der Waals surface area contributed by atoms with Gasteiger partial charge in [-0.15, -0.1) is 0 Å². The lowest BCUT2D eigenvalue weighted by Crippen LogP contribution is -2.25. The predicted octanol–water partition coefficient (Wildman–Crippen LogP) is 3.00. The van der Waals surface area contributed by atoms with Gasteiger partial charge in [-0.2, -0.15) is 0 Å². The molecule has 0 saturated heterocycles. The highest BCUT2D eigenvalue weighted by Gasteiger charge is 2.14. The Balaban J connectivity index is 2.41. The van der Waals surface area contributed by atoms with Gasteiger partial charge in [-0.05, 0) is 38.5 Å². The van der Waals surface area contributed by atoms with Crippen molar-refractivity contribution >= 4 is 0 Å². The van der Waals surface area contributed by atoms with Gasteiger partial charge in [0.1, 0.15) is 12.4 Å². The molecule has 0 bridgehead atoms. The molecule has 110 valence electrons. The third-order valence-electron chi connectivity index (χ3n) is 3.00. The Morgan fingerprint density at radius 2 is 2.05 bits per heavy atom. The highest BCUT2D eigenvalue weighted by Crippen LogP contribution is 2.15. The summed E-state index contributed by atoms with van der Waals surface area (Å²) in [5.74, 6) is 6.67. The molecule has 0 aliphatic heterocycles. The first-order chi connectivity index (χ1) is 9.57. The van der Waals surface area contributed by atoms with Crippen LogP contribution in [0.15, 0.2) is 24.3 Å². The van der Waals surface area contributed by atoms with Crippen molar-refractivity contribution in [3.05, 3.63) is 29.8 Å². The van der Waals surface area contributed by atoms with Crippen molar-refractivity contribution in [2.75, 3.05) is 19.8 Å². The topological polar surface area (TPSA) is 38.7 Å². The summed E-state index contributed by atoms with van der Waals surface area (Å²) in [5.41, 5.74) is 0.798. The fraction of sp³-hybridized carbons (Fsp3) is 0.529. The van der Waals surface area contributed by atoms with E-state index in [0.29, 0.717) is 19.6 Å². The number of aliphatic hydroxyl groups excluding tert-OH is 1. The van der Waals surface area contributed by atoms with E-state index in [-0.39, 0.29) is 12.2 Å². The lowest BCUT2D eigenvalue weighted by atomic mass is 10.1. The van der Waals surface area contributed by atoms with Crippen LogP contribution in [0.3, 0.4) is 0 Å². The molecule has 3 nitrogen and oxygen atoms in total. The molecule has 1 rings (SSSR count). The van der Waals surface area contributed by atoms with Crippen LogP contribution in [0.2, 0.25) is 0 Å². The van der Waals surface area contributed by atoms with Crippen LogP contribution < -0.4 is 4.74 Å². The van der Waals surface area contributed by atoms with Crippen LogP contribution in [0.4, 0.5) is 0 Å². The average Bonchev–Trinajstić information content (AvgIpc) is 2.45. The zero-order chi connectivity index (χ0) is 14.8. The molecule has 0 fully saturated rings. The Morgan fingerprint density at radius 3 is 2.75 bits per heavy atom. The van der Waals surface area contributed by atoms with E-state index in [2.05, 4.69) is 32.6 Å². The van der Waals surface area contributed by atoms with E-state index in [9.17, 15) is 0 Å². The van der Waals surface area contributed by atoms with Crippen LogP contribution >= 0.6 is 0 Å². The molecule has 0 saturated carbocycles. The molecule has 0 heterocycles. The van der Waals surface area contributed by atoms with Gasteiger partial charge in [0, 0.05) is 12.0 Å². The zero-order valence-electron chi connectivity index (χ0n) is 12.6. The molecule has 0 spiro atoms. The van der Waals surface area contributed by atoms with Crippen LogP contribution in [0.25, 0.3) is 0 Å². The van der Waals surface area contributed by atoms with E-state index in [1.54, 1.807) is 0 Å². The van der Waals surface area contributed by atoms with Gasteiger partial charge in [-0.1, -0.05) is 24.8 Å². The second-order valence-electron chi connectivity index (χ2n) is 5.11. The molecule has 1 aromatic carbocycles. The second-order valence-corrected chi connectivity index (χ2v) is 5.11. The summed E-state index contributed by atoms with van der Waals surface area (Å²) < 4.78 is 11.4. The van der Waals surface area contributed by atoms with Crippen molar-refractivity contribution in [1.29, 1.82) is 0 Å². The van der Waals surface area contributed by atoms with Gasteiger partial charge >= 0.3 is 0 Å². The molecular weight excluding hydrogens is 252 g/mol. The fourth-order valence-electron chi connectivity index (χ4n) is 1.46. The molecule has 1 aromatic rings. The molecule has 3 heteroatoms. The van der Waals surface area contributed by atoms with E-state index in [4.69, 9.17) is 14.6 Å². The van der Waals surface area contributed by atoms with E-state index < -0.39 is 0 Å². The van der Waals surface area contributed by atoms with Crippen molar-refractivity contribution in [1.82, 2.24) is 0 Å². The summed E-state index contributed by atoms with van der Waals surface area (Å²) >= 11 is 0. The number of rotatable bonds is 7. The molecule has 1 N–H and O–H groups in total. The number of hydrogen-bond acceptors (Lipinski definition) is 3. The molecule has 0 aliphatic carbocycles. The normalized spacial score (nSPS) is 10.8. The monoisotopic (exact) mass is 276 g/mol. The molecular formula is C17H24O3. The van der Waals surface area contributed by atoms with Gasteiger partial charge in [-0.25, -0.2) is 0 Å². The lowest BCUT2D eigenvalue weighted by molar-refractivity contribution is -0.0317. The smallest absolute Gasteiger partial charge is 0.120 e. The number of hydrogen-bond donors (Lipinski definition) is 1. The van der Waals surface area contributed by atoms with Crippen LogP contribution in [0, 0.1) is 11.8 Å².